The Morgan fingerprint density at radius 2 is 1.96 bits per heavy atom. The fourth-order valence-corrected chi connectivity index (χ4v) is 3.85. The van der Waals surface area contributed by atoms with Gasteiger partial charge in [-0.3, -0.25) is 4.79 Å². The molecule has 0 aliphatic rings. The van der Waals surface area contributed by atoms with Crippen molar-refractivity contribution in [1.82, 2.24) is 14.9 Å². The molecular formula is C20H19ClFN3O2S. The van der Waals surface area contributed by atoms with E-state index in [0.29, 0.717) is 28.2 Å². The van der Waals surface area contributed by atoms with Crippen molar-refractivity contribution >= 4 is 29.3 Å². The van der Waals surface area contributed by atoms with Gasteiger partial charge < -0.3 is 15.0 Å². The second-order valence-electron chi connectivity index (χ2n) is 6.06. The number of nitrogens with zero attached hydrogens (tertiary/aromatic N) is 2. The van der Waals surface area contributed by atoms with E-state index < -0.39 is 0 Å². The van der Waals surface area contributed by atoms with Gasteiger partial charge in [0.05, 0.1) is 18.5 Å². The number of carbonyl (C=O) groups excluding carboxylic acids is 1. The summed E-state index contributed by atoms with van der Waals surface area (Å²) in [6.07, 6.45) is 1.56. The van der Waals surface area contributed by atoms with E-state index >= 15 is 0 Å². The number of rotatable bonds is 8. The molecule has 0 radical (unpaired) electrons. The summed E-state index contributed by atoms with van der Waals surface area (Å²) in [6, 6.07) is 13.5. The molecule has 1 amide bonds. The number of carbonyl (C=O) groups is 1. The summed E-state index contributed by atoms with van der Waals surface area (Å²) < 4.78 is 14.6. The second-order valence-corrected chi connectivity index (χ2v) is 7.41. The second kappa shape index (κ2) is 9.73. The summed E-state index contributed by atoms with van der Waals surface area (Å²) in [5.74, 6) is 0.0524. The number of imidazole rings is 1. The number of benzene rings is 2. The minimum Gasteiger partial charge on any atom is -0.390 e. The number of aliphatic hydroxyl groups is 1. The van der Waals surface area contributed by atoms with Crippen molar-refractivity contribution in [2.75, 3.05) is 0 Å². The third kappa shape index (κ3) is 5.34. The van der Waals surface area contributed by atoms with Crippen molar-refractivity contribution in [1.29, 1.82) is 0 Å². The third-order valence-corrected chi connectivity index (χ3v) is 5.49. The highest BCUT2D eigenvalue weighted by Crippen LogP contribution is 2.26. The molecule has 2 aromatic carbocycles. The van der Waals surface area contributed by atoms with Crippen LogP contribution in [0.5, 0.6) is 0 Å². The van der Waals surface area contributed by atoms with E-state index in [4.69, 9.17) is 11.6 Å². The van der Waals surface area contributed by atoms with Gasteiger partial charge in [-0.1, -0.05) is 53.7 Å². The highest BCUT2D eigenvalue weighted by atomic mass is 35.5. The number of aliphatic hydroxyl groups excluding tert-OH is 1. The van der Waals surface area contributed by atoms with Crippen molar-refractivity contribution in [2.24, 2.45) is 0 Å². The number of nitrogens with one attached hydrogen (secondary N) is 1. The summed E-state index contributed by atoms with van der Waals surface area (Å²) in [6.45, 7) is 0.108. The largest absolute Gasteiger partial charge is 0.390 e. The van der Waals surface area contributed by atoms with Crippen LogP contribution in [0.3, 0.4) is 0 Å². The molecule has 0 saturated carbocycles. The Labute approximate surface area is 171 Å². The molecule has 3 rings (SSSR count). The van der Waals surface area contributed by atoms with Gasteiger partial charge in [0.2, 0.25) is 5.91 Å². The molecular weight excluding hydrogens is 401 g/mol. The number of hydrogen-bond acceptors (Lipinski definition) is 4. The molecule has 3 aromatic rings. The van der Waals surface area contributed by atoms with Crippen LogP contribution in [-0.4, -0.2) is 20.6 Å². The first-order chi connectivity index (χ1) is 13.6. The smallest absolute Gasteiger partial charge is 0.240 e. The normalized spacial score (nSPS) is 10.8. The first-order valence-electron chi connectivity index (χ1n) is 8.59. The minimum absolute atomic E-state index is 0.0297. The molecule has 146 valence electrons. The van der Waals surface area contributed by atoms with Crippen molar-refractivity contribution in [3.8, 4) is 0 Å². The van der Waals surface area contributed by atoms with E-state index in [1.807, 2.05) is 24.3 Å². The fourth-order valence-electron chi connectivity index (χ4n) is 2.56. The molecule has 5 nitrogen and oxygen atoms in total. The van der Waals surface area contributed by atoms with Crippen LogP contribution < -0.4 is 5.32 Å². The van der Waals surface area contributed by atoms with E-state index in [0.717, 1.165) is 11.1 Å². The third-order valence-electron chi connectivity index (χ3n) is 4.08. The Hall–Kier alpha value is -2.35. The predicted octanol–water partition coefficient (Wildman–Crippen LogP) is 3.78. The van der Waals surface area contributed by atoms with Crippen LogP contribution in [0, 0.1) is 5.82 Å². The van der Waals surface area contributed by atoms with Crippen LogP contribution in [0.1, 0.15) is 16.8 Å². The van der Waals surface area contributed by atoms with Crippen LogP contribution >= 0.6 is 23.4 Å². The van der Waals surface area contributed by atoms with E-state index in [1.165, 1.54) is 23.9 Å². The van der Waals surface area contributed by atoms with E-state index in [-0.39, 0.29) is 24.9 Å². The van der Waals surface area contributed by atoms with Crippen molar-refractivity contribution < 1.29 is 14.3 Å². The molecule has 8 heteroatoms. The molecule has 1 aromatic heterocycles. The minimum atomic E-state index is -0.318. The van der Waals surface area contributed by atoms with Gasteiger partial charge >= 0.3 is 0 Å². The molecule has 0 atom stereocenters. The summed E-state index contributed by atoms with van der Waals surface area (Å²) in [5, 5.41) is 13.6. The average molecular weight is 420 g/mol. The molecule has 0 spiro atoms. The van der Waals surface area contributed by atoms with Gasteiger partial charge in [0, 0.05) is 17.3 Å². The summed E-state index contributed by atoms with van der Waals surface area (Å²) >= 11 is 7.63. The average Bonchev–Trinajstić information content (AvgIpc) is 3.08. The van der Waals surface area contributed by atoms with Crippen LogP contribution in [0.15, 0.2) is 59.9 Å². The molecule has 0 aliphatic heterocycles. The van der Waals surface area contributed by atoms with Crippen LogP contribution in [0.25, 0.3) is 0 Å². The summed E-state index contributed by atoms with van der Waals surface area (Å²) in [5.41, 5.74) is 2.32. The van der Waals surface area contributed by atoms with Gasteiger partial charge in [-0.05, 0) is 29.3 Å². The Morgan fingerprint density at radius 1 is 1.21 bits per heavy atom. The topological polar surface area (TPSA) is 67.2 Å². The van der Waals surface area contributed by atoms with E-state index in [2.05, 4.69) is 10.3 Å². The molecule has 0 unspecified atom stereocenters. The Balaban J connectivity index is 1.63. The first-order valence-corrected chi connectivity index (χ1v) is 9.96. The van der Waals surface area contributed by atoms with Gasteiger partial charge in [-0.2, -0.15) is 0 Å². The van der Waals surface area contributed by atoms with Gasteiger partial charge in [0.25, 0.3) is 0 Å². The van der Waals surface area contributed by atoms with Crippen LogP contribution in [0.2, 0.25) is 5.02 Å². The number of aromatic nitrogens is 2. The number of halogens is 2. The number of hydrogen-bond donors (Lipinski definition) is 2. The molecule has 0 saturated heterocycles. The zero-order valence-corrected chi connectivity index (χ0v) is 16.5. The standard InChI is InChI=1S/C20H19ClFN3O2S/c21-18-4-2-1-3-15(18)13-28-20-24-10-17(12-26)25(20)11-19(27)23-9-14-5-7-16(22)8-6-14/h1-8,10,26H,9,11-13H2,(H,23,27). The van der Waals surface area contributed by atoms with Crippen LogP contribution in [0.4, 0.5) is 4.39 Å². The maximum Gasteiger partial charge on any atom is 0.240 e. The zero-order valence-electron chi connectivity index (χ0n) is 14.9. The lowest BCUT2D eigenvalue weighted by Gasteiger charge is -2.11. The number of amides is 1. The summed E-state index contributed by atoms with van der Waals surface area (Å²) in [4.78, 5) is 16.7. The first kappa shape index (κ1) is 20.4. The monoisotopic (exact) mass is 419 g/mol. The van der Waals surface area contributed by atoms with E-state index in [9.17, 15) is 14.3 Å². The Bertz CT molecular complexity index is 947. The lowest BCUT2D eigenvalue weighted by molar-refractivity contribution is -0.122. The van der Waals surface area contributed by atoms with Crippen molar-refractivity contribution in [3.63, 3.8) is 0 Å². The molecule has 0 fully saturated rings. The van der Waals surface area contributed by atoms with Gasteiger partial charge in [-0.15, -0.1) is 0 Å². The van der Waals surface area contributed by atoms with Gasteiger partial charge in [-0.25, -0.2) is 9.37 Å². The molecule has 0 bridgehead atoms. The maximum atomic E-state index is 13.0. The Kier molecular flexibility index (Phi) is 7.08. The molecule has 1 heterocycles. The summed E-state index contributed by atoms with van der Waals surface area (Å²) in [7, 11) is 0. The lowest BCUT2D eigenvalue weighted by atomic mass is 10.2. The highest BCUT2D eigenvalue weighted by Gasteiger charge is 2.14. The SMILES string of the molecule is O=C(Cn1c(CO)cnc1SCc1ccccc1Cl)NCc1ccc(F)cc1. The number of thioether (sulfide) groups is 1. The van der Waals surface area contributed by atoms with Crippen molar-refractivity contribution in [2.45, 2.75) is 30.6 Å². The molecule has 28 heavy (non-hydrogen) atoms. The maximum absolute atomic E-state index is 13.0. The van der Waals surface area contributed by atoms with Gasteiger partial charge in [0.1, 0.15) is 12.4 Å². The van der Waals surface area contributed by atoms with Crippen LogP contribution in [-0.2, 0) is 30.2 Å². The zero-order chi connectivity index (χ0) is 19.9. The Morgan fingerprint density at radius 3 is 2.68 bits per heavy atom. The van der Waals surface area contributed by atoms with E-state index in [1.54, 1.807) is 22.9 Å². The molecule has 0 aliphatic carbocycles. The van der Waals surface area contributed by atoms with Crippen molar-refractivity contribution in [3.05, 3.63) is 82.4 Å². The fraction of sp³-hybridized carbons (Fsp3) is 0.200. The molecule has 2 N–H and O–H groups in total. The lowest BCUT2D eigenvalue weighted by Crippen LogP contribution is -2.28. The predicted molar refractivity (Wildman–Crippen MR) is 107 cm³/mol. The highest BCUT2D eigenvalue weighted by molar-refractivity contribution is 7.98. The van der Waals surface area contributed by atoms with Gasteiger partial charge in [0.15, 0.2) is 5.16 Å². The quantitative estimate of drug-likeness (QED) is 0.545.